The summed E-state index contributed by atoms with van der Waals surface area (Å²) in [4.78, 5) is 29.2. The molecule has 0 heterocycles. The molecule has 7 heteroatoms. The average molecular weight is 537 g/mol. The van der Waals surface area contributed by atoms with E-state index >= 15 is 0 Å². The molecule has 0 aliphatic rings. The minimum atomic E-state index is -0.717. The van der Waals surface area contributed by atoms with Gasteiger partial charge in [0.1, 0.15) is 6.04 Å². The van der Waals surface area contributed by atoms with Crippen LogP contribution in [-0.4, -0.2) is 42.5 Å². The summed E-state index contributed by atoms with van der Waals surface area (Å²) in [6.07, 6.45) is 1.08. The van der Waals surface area contributed by atoms with Crippen LogP contribution in [0.2, 0.25) is 5.02 Å². The summed E-state index contributed by atoms with van der Waals surface area (Å²) in [7, 11) is 3.17. The van der Waals surface area contributed by atoms with Gasteiger partial charge < -0.3 is 19.7 Å². The molecule has 202 valence electrons. The summed E-state index contributed by atoms with van der Waals surface area (Å²) in [5.41, 5.74) is 2.24. The van der Waals surface area contributed by atoms with Crippen LogP contribution in [0.4, 0.5) is 0 Å². The molecule has 0 fully saturated rings. The first-order valence-corrected chi connectivity index (χ1v) is 13.1. The first kappa shape index (κ1) is 29.1. The largest absolute Gasteiger partial charge is 0.493 e. The number of amides is 2. The van der Waals surface area contributed by atoms with Gasteiger partial charge in [-0.1, -0.05) is 66.2 Å². The van der Waals surface area contributed by atoms with Crippen molar-refractivity contribution in [1.29, 1.82) is 0 Å². The third-order valence-corrected chi connectivity index (χ3v) is 6.51. The van der Waals surface area contributed by atoms with Crippen molar-refractivity contribution in [2.24, 2.45) is 0 Å². The number of carbonyl (C=O) groups excluding carboxylic acids is 2. The molecule has 1 atom stereocenters. The molecule has 0 aromatic heterocycles. The number of ether oxygens (including phenoxy) is 2. The average Bonchev–Trinajstić information content (AvgIpc) is 2.89. The highest BCUT2D eigenvalue weighted by molar-refractivity contribution is 6.31. The molecule has 0 unspecified atom stereocenters. The number of methoxy groups -OCH3 is 2. The standard InChI is InChI=1S/C31H37ClN2O4/c1-31(2,3)33-30(36)26(19-22-11-7-6-8-12-22)34(21-24-13-9-10-14-25(24)32)29(35)18-16-23-15-17-27(37-4)28(20-23)38-5/h6-15,17,20,26H,16,18-19,21H2,1-5H3,(H,33,36)/t26-/m1/s1. The third kappa shape index (κ3) is 8.25. The van der Waals surface area contributed by atoms with Crippen LogP contribution in [0.15, 0.2) is 72.8 Å². The van der Waals surface area contributed by atoms with Gasteiger partial charge in [-0.05, 0) is 62.1 Å². The number of benzene rings is 3. The maximum absolute atomic E-state index is 13.9. The quantitative estimate of drug-likeness (QED) is 0.334. The van der Waals surface area contributed by atoms with Gasteiger partial charge in [0.2, 0.25) is 11.8 Å². The Bertz CT molecular complexity index is 1220. The van der Waals surface area contributed by atoms with Gasteiger partial charge in [0, 0.05) is 29.9 Å². The van der Waals surface area contributed by atoms with Gasteiger partial charge in [-0.3, -0.25) is 9.59 Å². The fourth-order valence-electron chi connectivity index (χ4n) is 4.25. The Labute approximate surface area is 230 Å². The highest BCUT2D eigenvalue weighted by Crippen LogP contribution is 2.28. The van der Waals surface area contributed by atoms with E-state index in [4.69, 9.17) is 21.1 Å². The van der Waals surface area contributed by atoms with E-state index < -0.39 is 11.6 Å². The van der Waals surface area contributed by atoms with Crippen molar-refractivity contribution in [3.8, 4) is 11.5 Å². The molecule has 3 rings (SSSR count). The van der Waals surface area contributed by atoms with Crippen molar-refractivity contribution in [3.63, 3.8) is 0 Å². The van der Waals surface area contributed by atoms with E-state index in [1.807, 2.05) is 87.5 Å². The third-order valence-electron chi connectivity index (χ3n) is 6.14. The molecule has 0 aliphatic heterocycles. The lowest BCUT2D eigenvalue weighted by Gasteiger charge is -2.34. The SMILES string of the molecule is COc1ccc(CCC(=O)N(Cc2ccccc2Cl)[C@H](Cc2ccccc2)C(=O)NC(C)(C)C)cc1OC. The first-order valence-electron chi connectivity index (χ1n) is 12.7. The normalized spacial score (nSPS) is 11.9. The molecule has 38 heavy (non-hydrogen) atoms. The van der Waals surface area contributed by atoms with Crippen molar-refractivity contribution >= 4 is 23.4 Å². The summed E-state index contributed by atoms with van der Waals surface area (Å²) in [5.74, 6) is 0.902. The predicted molar refractivity (Wildman–Crippen MR) is 152 cm³/mol. The van der Waals surface area contributed by atoms with Gasteiger partial charge in [0.25, 0.3) is 0 Å². The second kappa shape index (κ2) is 13.3. The Balaban J connectivity index is 1.94. The van der Waals surface area contributed by atoms with Gasteiger partial charge >= 0.3 is 0 Å². The number of aryl methyl sites for hydroxylation is 1. The topological polar surface area (TPSA) is 67.9 Å². The van der Waals surface area contributed by atoms with E-state index in [-0.39, 0.29) is 24.8 Å². The second-order valence-corrected chi connectivity index (χ2v) is 10.7. The molecule has 1 N–H and O–H groups in total. The fourth-order valence-corrected chi connectivity index (χ4v) is 4.44. The van der Waals surface area contributed by atoms with Crippen LogP contribution in [0.1, 0.15) is 43.9 Å². The lowest BCUT2D eigenvalue weighted by Crippen LogP contribution is -2.54. The van der Waals surface area contributed by atoms with Crippen LogP contribution in [-0.2, 0) is 29.0 Å². The van der Waals surface area contributed by atoms with E-state index in [1.54, 1.807) is 25.2 Å². The predicted octanol–water partition coefficient (Wildman–Crippen LogP) is 5.84. The van der Waals surface area contributed by atoms with Gasteiger partial charge in [-0.15, -0.1) is 0 Å². The molecule has 0 aliphatic carbocycles. The van der Waals surface area contributed by atoms with Crippen molar-refractivity contribution in [2.45, 2.75) is 58.2 Å². The Morgan fingerprint density at radius 3 is 2.18 bits per heavy atom. The zero-order valence-corrected chi connectivity index (χ0v) is 23.5. The molecule has 2 amide bonds. The van der Waals surface area contributed by atoms with Crippen LogP contribution in [0.3, 0.4) is 0 Å². The van der Waals surface area contributed by atoms with Crippen molar-refractivity contribution in [2.75, 3.05) is 14.2 Å². The number of rotatable bonds is 11. The number of nitrogens with zero attached hydrogens (tertiary/aromatic N) is 1. The van der Waals surface area contributed by atoms with Crippen molar-refractivity contribution < 1.29 is 19.1 Å². The second-order valence-electron chi connectivity index (χ2n) is 10.2. The molecular formula is C31H37ClN2O4. The van der Waals surface area contributed by atoms with Gasteiger partial charge in [-0.25, -0.2) is 0 Å². The number of halogens is 1. The zero-order chi connectivity index (χ0) is 27.7. The highest BCUT2D eigenvalue weighted by atomic mass is 35.5. The molecule has 3 aromatic rings. The Morgan fingerprint density at radius 1 is 0.895 bits per heavy atom. The maximum atomic E-state index is 13.9. The first-order chi connectivity index (χ1) is 18.1. The lowest BCUT2D eigenvalue weighted by molar-refractivity contribution is -0.141. The lowest BCUT2D eigenvalue weighted by atomic mass is 9.99. The molecule has 0 spiro atoms. The molecule has 6 nitrogen and oxygen atoms in total. The van der Waals surface area contributed by atoms with Crippen LogP contribution in [0.5, 0.6) is 11.5 Å². The molecule has 0 saturated carbocycles. The van der Waals surface area contributed by atoms with Gasteiger partial charge in [0.15, 0.2) is 11.5 Å². The number of hydrogen-bond donors (Lipinski definition) is 1. The summed E-state index contributed by atoms with van der Waals surface area (Å²) < 4.78 is 10.7. The zero-order valence-electron chi connectivity index (χ0n) is 22.8. The number of hydrogen-bond acceptors (Lipinski definition) is 4. The van der Waals surface area contributed by atoms with Crippen LogP contribution in [0.25, 0.3) is 0 Å². The smallest absolute Gasteiger partial charge is 0.243 e. The number of nitrogens with one attached hydrogen (secondary N) is 1. The van der Waals surface area contributed by atoms with E-state index in [0.29, 0.717) is 29.4 Å². The Kier molecular flexibility index (Phi) is 10.2. The van der Waals surface area contributed by atoms with Crippen molar-refractivity contribution in [1.82, 2.24) is 10.2 Å². The van der Waals surface area contributed by atoms with E-state index in [0.717, 1.165) is 16.7 Å². The van der Waals surface area contributed by atoms with Crippen LogP contribution < -0.4 is 14.8 Å². The summed E-state index contributed by atoms with van der Waals surface area (Å²) in [6, 6.07) is 22.1. The summed E-state index contributed by atoms with van der Waals surface area (Å²) in [5, 5.41) is 3.64. The number of carbonyl (C=O) groups is 2. The molecule has 0 bridgehead atoms. The highest BCUT2D eigenvalue weighted by Gasteiger charge is 2.32. The minimum Gasteiger partial charge on any atom is -0.493 e. The summed E-state index contributed by atoms with van der Waals surface area (Å²) in [6.45, 7) is 6.02. The summed E-state index contributed by atoms with van der Waals surface area (Å²) >= 11 is 6.49. The minimum absolute atomic E-state index is 0.135. The van der Waals surface area contributed by atoms with E-state index in [2.05, 4.69) is 5.32 Å². The Hall–Kier alpha value is -3.51. The molecule has 0 radical (unpaired) electrons. The van der Waals surface area contributed by atoms with E-state index in [1.165, 1.54) is 0 Å². The maximum Gasteiger partial charge on any atom is 0.243 e. The molecule has 3 aromatic carbocycles. The molecule has 0 saturated heterocycles. The monoisotopic (exact) mass is 536 g/mol. The molecular weight excluding hydrogens is 500 g/mol. The van der Waals surface area contributed by atoms with E-state index in [9.17, 15) is 9.59 Å². The van der Waals surface area contributed by atoms with Gasteiger partial charge in [0.05, 0.1) is 14.2 Å². The van der Waals surface area contributed by atoms with Crippen LogP contribution in [0, 0.1) is 0 Å². The fraction of sp³-hybridized carbons (Fsp3) is 0.355. The Morgan fingerprint density at radius 2 is 1.55 bits per heavy atom. The van der Waals surface area contributed by atoms with Crippen molar-refractivity contribution in [3.05, 3.63) is 94.5 Å². The van der Waals surface area contributed by atoms with Gasteiger partial charge in [-0.2, -0.15) is 0 Å². The van der Waals surface area contributed by atoms with Crippen LogP contribution >= 0.6 is 11.6 Å².